The molecule has 0 saturated heterocycles. The number of nitrogens with zero attached hydrogens (tertiary/aromatic N) is 2. The second-order valence-corrected chi connectivity index (χ2v) is 5.71. The van der Waals surface area contributed by atoms with Gasteiger partial charge >= 0.3 is 5.97 Å². The van der Waals surface area contributed by atoms with Gasteiger partial charge in [0.05, 0.1) is 11.9 Å². The number of aromatic carboxylic acids is 1. The Kier molecular flexibility index (Phi) is 4.02. The van der Waals surface area contributed by atoms with Gasteiger partial charge in [0.1, 0.15) is 5.82 Å². The maximum Gasteiger partial charge on any atom is 0.356 e. The molecule has 1 heterocycles. The fourth-order valence-corrected chi connectivity index (χ4v) is 2.50. The van der Waals surface area contributed by atoms with Gasteiger partial charge in [-0.3, -0.25) is 0 Å². The number of aromatic nitrogens is 2. The van der Waals surface area contributed by atoms with Crippen molar-refractivity contribution in [1.29, 1.82) is 0 Å². The standard InChI is InChI=1S/C14H21N3O2/c1-8(2)13-15-7-11(12(17-13)14(18)19)16-10-5-4-9(3)6-10/h7-10,16H,4-6H2,1-3H3,(H,18,19). The second-order valence-electron chi connectivity index (χ2n) is 5.71. The molecular formula is C14H21N3O2. The summed E-state index contributed by atoms with van der Waals surface area (Å²) < 4.78 is 0. The minimum atomic E-state index is -1.00. The van der Waals surface area contributed by atoms with Crippen LogP contribution in [0.15, 0.2) is 6.20 Å². The van der Waals surface area contributed by atoms with Crippen molar-refractivity contribution < 1.29 is 9.90 Å². The number of carboxylic acids is 1. The van der Waals surface area contributed by atoms with Gasteiger partial charge in [0.15, 0.2) is 5.69 Å². The summed E-state index contributed by atoms with van der Waals surface area (Å²) in [6, 6.07) is 0.335. The molecule has 1 saturated carbocycles. The Hall–Kier alpha value is -1.65. The smallest absolute Gasteiger partial charge is 0.356 e. The van der Waals surface area contributed by atoms with E-state index in [1.54, 1.807) is 6.20 Å². The van der Waals surface area contributed by atoms with E-state index in [0.29, 0.717) is 23.5 Å². The van der Waals surface area contributed by atoms with Crippen LogP contribution in [0.1, 0.15) is 62.3 Å². The van der Waals surface area contributed by atoms with Crippen LogP contribution >= 0.6 is 0 Å². The highest BCUT2D eigenvalue weighted by Crippen LogP contribution is 2.28. The van der Waals surface area contributed by atoms with Crippen LogP contribution in [-0.4, -0.2) is 27.1 Å². The molecule has 1 fully saturated rings. The Labute approximate surface area is 113 Å². The number of hydrogen-bond donors (Lipinski definition) is 2. The molecule has 2 atom stereocenters. The average Bonchev–Trinajstić information content (AvgIpc) is 2.74. The van der Waals surface area contributed by atoms with Crippen LogP contribution in [0.25, 0.3) is 0 Å². The maximum absolute atomic E-state index is 11.3. The van der Waals surface area contributed by atoms with Crippen LogP contribution in [0, 0.1) is 5.92 Å². The SMILES string of the molecule is CC1CCC(Nc2cnc(C(C)C)nc2C(=O)O)C1. The van der Waals surface area contributed by atoms with E-state index in [2.05, 4.69) is 22.2 Å². The Morgan fingerprint density at radius 3 is 2.74 bits per heavy atom. The van der Waals surface area contributed by atoms with Gasteiger partial charge in [-0.2, -0.15) is 0 Å². The maximum atomic E-state index is 11.3. The number of carboxylic acid groups (broad SMARTS) is 1. The van der Waals surface area contributed by atoms with Crippen molar-refractivity contribution in [1.82, 2.24) is 9.97 Å². The first-order valence-corrected chi connectivity index (χ1v) is 6.84. The summed E-state index contributed by atoms with van der Waals surface area (Å²) in [4.78, 5) is 19.7. The zero-order chi connectivity index (χ0) is 14.0. The third-order valence-corrected chi connectivity index (χ3v) is 3.58. The van der Waals surface area contributed by atoms with Crippen LogP contribution in [0.5, 0.6) is 0 Å². The van der Waals surface area contributed by atoms with Gasteiger partial charge in [-0.1, -0.05) is 20.8 Å². The van der Waals surface area contributed by atoms with Gasteiger partial charge in [-0.25, -0.2) is 14.8 Å². The summed E-state index contributed by atoms with van der Waals surface area (Å²) >= 11 is 0. The van der Waals surface area contributed by atoms with E-state index in [9.17, 15) is 9.90 Å². The normalized spacial score (nSPS) is 22.7. The molecule has 104 valence electrons. The van der Waals surface area contributed by atoms with Crippen molar-refractivity contribution in [3.63, 3.8) is 0 Å². The molecule has 0 bridgehead atoms. The van der Waals surface area contributed by atoms with Gasteiger partial charge in [0.25, 0.3) is 0 Å². The Morgan fingerprint density at radius 2 is 2.21 bits per heavy atom. The summed E-state index contributed by atoms with van der Waals surface area (Å²) in [5.41, 5.74) is 0.620. The van der Waals surface area contributed by atoms with E-state index in [1.165, 1.54) is 6.42 Å². The lowest BCUT2D eigenvalue weighted by molar-refractivity contribution is 0.0691. The molecule has 0 spiro atoms. The summed E-state index contributed by atoms with van der Waals surface area (Å²) in [5, 5.41) is 12.5. The van der Waals surface area contributed by atoms with Gasteiger partial charge in [0.2, 0.25) is 0 Å². The lowest BCUT2D eigenvalue weighted by Gasteiger charge is -2.16. The van der Waals surface area contributed by atoms with Crippen LogP contribution in [-0.2, 0) is 0 Å². The van der Waals surface area contributed by atoms with Crippen molar-refractivity contribution >= 4 is 11.7 Å². The predicted octanol–water partition coefficient (Wildman–Crippen LogP) is 2.90. The van der Waals surface area contributed by atoms with E-state index in [-0.39, 0.29) is 11.6 Å². The topological polar surface area (TPSA) is 75.1 Å². The van der Waals surface area contributed by atoms with E-state index in [4.69, 9.17) is 0 Å². The summed E-state index contributed by atoms with van der Waals surface area (Å²) in [6.45, 7) is 6.12. The highest BCUT2D eigenvalue weighted by molar-refractivity contribution is 5.91. The first-order valence-electron chi connectivity index (χ1n) is 6.84. The summed E-state index contributed by atoms with van der Waals surface area (Å²) in [6.07, 6.45) is 4.94. The van der Waals surface area contributed by atoms with Crippen molar-refractivity contribution in [2.45, 2.75) is 52.0 Å². The zero-order valence-electron chi connectivity index (χ0n) is 11.7. The minimum Gasteiger partial charge on any atom is -0.476 e. The molecule has 2 N–H and O–H groups in total. The van der Waals surface area contributed by atoms with Crippen molar-refractivity contribution in [2.75, 3.05) is 5.32 Å². The molecule has 1 aliphatic carbocycles. The Balaban J connectivity index is 2.22. The molecule has 0 aliphatic heterocycles. The van der Waals surface area contributed by atoms with E-state index in [0.717, 1.165) is 12.8 Å². The van der Waals surface area contributed by atoms with E-state index >= 15 is 0 Å². The molecule has 1 aromatic heterocycles. The Bertz CT molecular complexity index is 474. The van der Waals surface area contributed by atoms with Crippen molar-refractivity contribution in [2.24, 2.45) is 5.92 Å². The van der Waals surface area contributed by atoms with Crippen molar-refractivity contribution in [3.8, 4) is 0 Å². The van der Waals surface area contributed by atoms with Crippen LogP contribution in [0.2, 0.25) is 0 Å². The lowest BCUT2D eigenvalue weighted by Crippen LogP contribution is -2.19. The predicted molar refractivity (Wildman–Crippen MR) is 73.5 cm³/mol. The summed E-state index contributed by atoms with van der Waals surface area (Å²) in [5.74, 6) is 0.390. The first kappa shape index (κ1) is 13.8. The van der Waals surface area contributed by atoms with E-state index in [1.807, 2.05) is 13.8 Å². The van der Waals surface area contributed by atoms with E-state index < -0.39 is 5.97 Å². The fraction of sp³-hybridized carbons (Fsp3) is 0.643. The molecule has 5 nitrogen and oxygen atoms in total. The molecule has 1 aliphatic rings. The average molecular weight is 263 g/mol. The third-order valence-electron chi connectivity index (χ3n) is 3.58. The molecule has 2 rings (SSSR count). The molecule has 19 heavy (non-hydrogen) atoms. The molecule has 5 heteroatoms. The van der Waals surface area contributed by atoms with Gasteiger partial charge in [-0.15, -0.1) is 0 Å². The van der Waals surface area contributed by atoms with Gasteiger partial charge in [0, 0.05) is 12.0 Å². The minimum absolute atomic E-state index is 0.0817. The highest BCUT2D eigenvalue weighted by Gasteiger charge is 2.24. The molecule has 0 radical (unpaired) electrons. The molecule has 1 aromatic rings. The second kappa shape index (κ2) is 5.55. The molecular weight excluding hydrogens is 242 g/mol. The van der Waals surface area contributed by atoms with Crippen LogP contribution in [0.4, 0.5) is 5.69 Å². The quantitative estimate of drug-likeness (QED) is 0.873. The highest BCUT2D eigenvalue weighted by atomic mass is 16.4. The lowest BCUT2D eigenvalue weighted by atomic mass is 10.1. The largest absolute Gasteiger partial charge is 0.476 e. The van der Waals surface area contributed by atoms with Crippen molar-refractivity contribution in [3.05, 3.63) is 17.7 Å². The van der Waals surface area contributed by atoms with Gasteiger partial charge in [-0.05, 0) is 25.2 Å². The molecule has 0 amide bonds. The van der Waals surface area contributed by atoms with Gasteiger partial charge < -0.3 is 10.4 Å². The zero-order valence-corrected chi connectivity index (χ0v) is 11.7. The monoisotopic (exact) mass is 263 g/mol. The number of carbonyl (C=O) groups is 1. The third kappa shape index (κ3) is 3.22. The number of hydrogen-bond acceptors (Lipinski definition) is 4. The van der Waals surface area contributed by atoms with Crippen LogP contribution < -0.4 is 5.32 Å². The number of rotatable bonds is 4. The number of nitrogens with one attached hydrogen (secondary N) is 1. The fourth-order valence-electron chi connectivity index (χ4n) is 2.50. The summed E-state index contributed by atoms with van der Waals surface area (Å²) in [7, 11) is 0. The molecule has 0 aromatic carbocycles. The first-order chi connectivity index (χ1) is 8.97. The number of anilines is 1. The molecule has 2 unspecified atom stereocenters. The van der Waals surface area contributed by atoms with Crippen LogP contribution in [0.3, 0.4) is 0 Å². The Morgan fingerprint density at radius 1 is 1.47 bits per heavy atom.